The van der Waals surface area contributed by atoms with Gasteiger partial charge in [-0.3, -0.25) is 14.4 Å². The molecule has 4 rings (SSSR count). The van der Waals surface area contributed by atoms with Gasteiger partial charge in [0.1, 0.15) is 11.8 Å². The zero-order valence-electron chi connectivity index (χ0n) is 25.7. The monoisotopic (exact) mass is 607 g/mol. The van der Waals surface area contributed by atoms with Crippen molar-refractivity contribution >= 4 is 17.7 Å². The van der Waals surface area contributed by atoms with Crippen molar-refractivity contribution < 1.29 is 24.6 Å². The maximum Gasteiger partial charge on any atom is 0.252 e. The van der Waals surface area contributed by atoms with Crippen molar-refractivity contribution in [2.24, 2.45) is 0 Å². The zero-order valence-corrected chi connectivity index (χ0v) is 25.7. The summed E-state index contributed by atoms with van der Waals surface area (Å²) in [7, 11) is 0. The Morgan fingerprint density at radius 2 is 1.31 bits per heavy atom. The number of aliphatic hydroxyl groups is 1. The third kappa shape index (κ3) is 9.52. The van der Waals surface area contributed by atoms with E-state index in [9.17, 15) is 24.6 Å². The quantitative estimate of drug-likeness (QED) is 0.168. The first-order chi connectivity index (χ1) is 21.7. The minimum atomic E-state index is -1.04. The molecule has 0 radical (unpaired) electrons. The second-order valence-corrected chi connectivity index (χ2v) is 11.2. The van der Waals surface area contributed by atoms with E-state index in [4.69, 9.17) is 0 Å². The fraction of sp³-hybridized carbons (Fsp3) is 0.270. The Morgan fingerprint density at radius 3 is 1.89 bits per heavy atom. The van der Waals surface area contributed by atoms with Gasteiger partial charge >= 0.3 is 0 Å². The summed E-state index contributed by atoms with van der Waals surface area (Å²) in [6, 6.07) is 31.8. The highest BCUT2D eigenvalue weighted by Gasteiger charge is 2.30. The van der Waals surface area contributed by atoms with Crippen LogP contribution in [0.3, 0.4) is 0 Å². The number of amides is 3. The fourth-order valence-electron chi connectivity index (χ4n) is 5.36. The predicted octanol–water partition coefficient (Wildman–Crippen LogP) is 4.57. The molecule has 4 aromatic rings. The van der Waals surface area contributed by atoms with Crippen molar-refractivity contribution in [2.45, 2.75) is 57.8 Å². The van der Waals surface area contributed by atoms with Crippen LogP contribution in [-0.4, -0.2) is 57.6 Å². The Hall–Kier alpha value is -4.95. The van der Waals surface area contributed by atoms with E-state index >= 15 is 0 Å². The van der Waals surface area contributed by atoms with E-state index in [1.54, 1.807) is 19.1 Å². The Bertz CT molecular complexity index is 1550. The number of benzene rings is 4. The second kappa shape index (κ2) is 16.2. The lowest BCUT2D eigenvalue weighted by molar-refractivity contribution is -0.139. The summed E-state index contributed by atoms with van der Waals surface area (Å²) < 4.78 is 0. The highest BCUT2D eigenvalue weighted by Crippen LogP contribution is 2.21. The van der Waals surface area contributed by atoms with Gasteiger partial charge in [-0.2, -0.15) is 0 Å². The largest absolute Gasteiger partial charge is 0.508 e. The Balaban J connectivity index is 1.53. The smallest absolute Gasteiger partial charge is 0.252 e. The van der Waals surface area contributed by atoms with Crippen molar-refractivity contribution in [1.82, 2.24) is 15.5 Å². The SMILES string of the molecule is CC(=O)N(CCC(O)C(Cc1ccccc1)NC(=O)c1cccc(O)c1C)C(Cc1ccccc1)C(=O)NCc1ccccc1. The van der Waals surface area contributed by atoms with Crippen molar-refractivity contribution in [3.05, 3.63) is 137 Å². The summed E-state index contributed by atoms with van der Waals surface area (Å²) in [5, 5.41) is 27.5. The van der Waals surface area contributed by atoms with E-state index in [0.29, 0.717) is 30.5 Å². The lowest BCUT2D eigenvalue weighted by Gasteiger charge is -2.32. The van der Waals surface area contributed by atoms with Gasteiger partial charge in [-0.15, -0.1) is 0 Å². The minimum absolute atomic E-state index is 0.00917. The molecule has 3 amide bonds. The molecule has 0 heterocycles. The molecule has 0 bridgehead atoms. The number of nitrogens with zero attached hydrogens (tertiary/aromatic N) is 1. The normalized spacial score (nSPS) is 12.9. The Kier molecular flexibility index (Phi) is 11.9. The summed E-state index contributed by atoms with van der Waals surface area (Å²) >= 11 is 0. The van der Waals surface area contributed by atoms with Gasteiger partial charge in [0.2, 0.25) is 11.8 Å². The van der Waals surface area contributed by atoms with Crippen LogP contribution < -0.4 is 10.6 Å². The number of phenolic OH excluding ortho intramolecular Hbond substituents is 1. The fourth-order valence-corrected chi connectivity index (χ4v) is 5.36. The van der Waals surface area contributed by atoms with Gasteiger partial charge in [-0.25, -0.2) is 0 Å². The molecule has 234 valence electrons. The molecule has 0 aliphatic rings. The minimum Gasteiger partial charge on any atom is -0.508 e. The summed E-state index contributed by atoms with van der Waals surface area (Å²) in [5.74, 6) is -0.998. The zero-order chi connectivity index (χ0) is 32.2. The average Bonchev–Trinajstić information content (AvgIpc) is 3.05. The number of aliphatic hydroxyl groups excluding tert-OH is 1. The molecule has 3 unspecified atom stereocenters. The third-order valence-electron chi connectivity index (χ3n) is 7.96. The highest BCUT2D eigenvalue weighted by molar-refractivity contribution is 5.96. The van der Waals surface area contributed by atoms with Crippen LogP contribution in [-0.2, 0) is 29.0 Å². The average molecular weight is 608 g/mol. The highest BCUT2D eigenvalue weighted by atomic mass is 16.3. The van der Waals surface area contributed by atoms with E-state index in [0.717, 1.165) is 16.7 Å². The number of hydrogen-bond acceptors (Lipinski definition) is 5. The van der Waals surface area contributed by atoms with Crippen molar-refractivity contribution in [3.8, 4) is 5.75 Å². The van der Waals surface area contributed by atoms with Crippen LogP contribution in [0.25, 0.3) is 0 Å². The van der Waals surface area contributed by atoms with Gasteiger partial charge in [-0.05, 0) is 48.6 Å². The van der Waals surface area contributed by atoms with Crippen LogP contribution in [0.15, 0.2) is 109 Å². The maximum absolute atomic E-state index is 13.6. The van der Waals surface area contributed by atoms with Crippen LogP contribution in [0.4, 0.5) is 0 Å². The molecular formula is C37H41N3O5. The van der Waals surface area contributed by atoms with Gasteiger partial charge in [-0.1, -0.05) is 97.1 Å². The van der Waals surface area contributed by atoms with Crippen molar-refractivity contribution in [1.29, 1.82) is 0 Å². The molecule has 0 spiro atoms. The first-order valence-electron chi connectivity index (χ1n) is 15.2. The van der Waals surface area contributed by atoms with E-state index in [-0.39, 0.29) is 30.5 Å². The van der Waals surface area contributed by atoms with Gasteiger partial charge in [0, 0.05) is 37.6 Å². The number of rotatable bonds is 14. The van der Waals surface area contributed by atoms with Crippen LogP contribution in [0.1, 0.15) is 46.0 Å². The molecule has 8 heteroatoms. The number of hydrogen-bond donors (Lipinski definition) is 4. The summed E-state index contributed by atoms with van der Waals surface area (Å²) in [4.78, 5) is 41.4. The Labute approximate surface area is 264 Å². The lowest BCUT2D eigenvalue weighted by Crippen LogP contribution is -2.52. The first-order valence-corrected chi connectivity index (χ1v) is 15.2. The van der Waals surface area contributed by atoms with Gasteiger partial charge in [0.25, 0.3) is 5.91 Å². The van der Waals surface area contributed by atoms with Gasteiger partial charge in [0.15, 0.2) is 0 Å². The third-order valence-corrected chi connectivity index (χ3v) is 7.96. The van der Waals surface area contributed by atoms with Gasteiger partial charge < -0.3 is 25.7 Å². The molecule has 0 aromatic heterocycles. The number of nitrogens with one attached hydrogen (secondary N) is 2. The number of aromatic hydroxyl groups is 1. The topological polar surface area (TPSA) is 119 Å². The first kappa shape index (κ1) is 33.0. The van der Waals surface area contributed by atoms with Crippen LogP contribution >= 0.6 is 0 Å². The predicted molar refractivity (Wildman–Crippen MR) is 174 cm³/mol. The standard InChI is InChI=1S/C37H41N3O5/c1-26-31(19-12-20-34(26)42)36(44)39-32(23-28-13-6-3-7-14-28)35(43)21-22-40(27(2)41)33(24-29-15-8-4-9-16-29)37(45)38-25-30-17-10-5-11-18-30/h3-20,32-33,35,42-43H,21-25H2,1-2H3,(H,38,45)(H,39,44). The van der Waals surface area contributed by atoms with Crippen LogP contribution in [0.5, 0.6) is 5.75 Å². The van der Waals surface area contributed by atoms with Crippen LogP contribution in [0.2, 0.25) is 0 Å². The lowest BCUT2D eigenvalue weighted by atomic mass is 9.97. The summed E-state index contributed by atoms with van der Waals surface area (Å²) in [6.45, 7) is 3.49. The molecule has 0 fully saturated rings. The van der Waals surface area contributed by atoms with E-state index in [1.165, 1.54) is 17.9 Å². The van der Waals surface area contributed by atoms with E-state index in [2.05, 4.69) is 10.6 Å². The Morgan fingerprint density at radius 1 is 0.756 bits per heavy atom. The van der Waals surface area contributed by atoms with E-state index in [1.807, 2.05) is 91.0 Å². The number of carbonyl (C=O) groups is 3. The molecule has 4 N–H and O–H groups in total. The maximum atomic E-state index is 13.6. The number of phenols is 1. The molecule has 0 aliphatic heterocycles. The molecule has 4 aromatic carbocycles. The number of carbonyl (C=O) groups excluding carboxylic acids is 3. The summed E-state index contributed by atoms with van der Waals surface area (Å²) in [5.41, 5.74) is 3.51. The second-order valence-electron chi connectivity index (χ2n) is 11.2. The molecule has 0 saturated carbocycles. The molecule has 0 aliphatic carbocycles. The molecule has 45 heavy (non-hydrogen) atoms. The molecule has 0 saturated heterocycles. The molecular weight excluding hydrogens is 566 g/mol. The van der Waals surface area contributed by atoms with E-state index < -0.39 is 24.1 Å². The van der Waals surface area contributed by atoms with Gasteiger partial charge in [0.05, 0.1) is 12.1 Å². The van der Waals surface area contributed by atoms with Crippen molar-refractivity contribution in [3.63, 3.8) is 0 Å². The molecule has 3 atom stereocenters. The molecule has 8 nitrogen and oxygen atoms in total. The van der Waals surface area contributed by atoms with Crippen molar-refractivity contribution in [2.75, 3.05) is 6.54 Å². The summed E-state index contributed by atoms with van der Waals surface area (Å²) in [6.07, 6.45) is -0.277. The van der Waals surface area contributed by atoms with Crippen LogP contribution in [0, 0.1) is 6.92 Å².